The summed E-state index contributed by atoms with van der Waals surface area (Å²) in [6.45, 7) is 4.26. The van der Waals surface area contributed by atoms with Gasteiger partial charge in [-0.1, -0.05) is 37.3 Å². The van der Waals surface area contributed by atoms with Crippen LogP contribution >= 0.6 is 0 Å². The minimum Gasteiger partial charge on any atom is -0.302 e. The van der Waals surface area contributed by atoms with Gasteiger partial charge in [0.15, 0.2) is 5.78 Å². The van der Waals surface area contributed by atoms with Gasteiger partial charge in [-0.25, -0.2) is 0 Å². The van der Waals surface area contributed by atoms with Crippen molar-refractivity contribution in [1.82, 2.24) is 9.80 Å². The van der Waals surface area contributed by atoms with E-state index in [1.807, 2.05) is 30.3 Å². The molecule has 0 aromatic heterocycles. The number of hydrogen-bond donors (Lipinski definition) is 0. The molecule has 110 valence electrons. The molecule has 0 radical (unpaired) electrons. The highest BCUT2D eigenvalue weighted by Gasteiger charge is 2.27. The van der Waals surface area contributed by atoms with Gasteiger partial charge in [-0.2, -0.15) is 0 Å². The van der Waals surface area contributed by atoms with E-state index in [0.717, 1.165) is 18.5 Å². The first kappa shape index (κ1) is 15.2. The lowest BCUT2D eigenvalue weighted by Crippen LogP contribution is -2.44. The molecule has 20 heavy (non-hydrogen) atoms. The van der Waals surface area contributed by atoms with E-state index in [-0.39, 0.29) is 11.8 Å². The molecule has 2 rings (SSSR count). The fourth-order valence-corrected chi connectivity index (χ4v) is 3.16. The lowest BCUT2D eigenvalue weighted by atomic mass is 10.0. The number of rotatable bonds is 6. The van der Waals surface area contributed by atoms with Crippen LogP contribution in [-0.4, -0.2) is 54.9 Å². The molecule has 0 bridgehead atoms. The molecule has 0 amide bonds. The highest BCUT2D eigenvalue weighted by Crippen LogP contribution is 2.18. The molecule has 1 aromatic carbocycles. The Morgan fingerprint density at radius 1 is 1.40 bits per heavy atom. The van der Waals surface area contributed by atoms with Crippen LogP contribution in [0.4, 0.5) is 0 Å². The largest absolute Gasteiger partial charge is 0.302 e. The van der Waals surface area contributed by atoms with Gasteiger partial charge in [-0.15, -0.1) is 0 Å². The predicted molar refractivity (Wildman–Crippen MR) is 83.1 cm³/mol. The van der Waals surface area contributed by atoms with E-state index in [0.29, 0.717) is 6.04 Å². The van der Waals surface area contributed by atoms with Gasteiger partial charge >= 0.3 is 0 Å². The molecule has 2 atom stereocenters. The smallest absolute Gasteiger partial charge is 0.179 e. The summed E-state index contributed by atoms with van der Waals surface area (Å²) in [4.78, 5) is 17.3. The average molecular weight is 274 g/mol. The molecule has 1 saturated heterocycles. The van der Waals surface area contributed by atoms with Crippen LogP contribution in [0.3, 0.4) is 0 Å². The zero-order valence-corrected chi connectivity index (χ0v) is 12.9. The Balaban J connectivity index is 2.02. The quantitative estimate of drug-likeness (QED) is 0.745. The van der Waals surface area contributed by atoms with E-state index in [2.05, 4.69) is 30.8 Å². The summed E-state index contributed by atoms with van der Waals surface area (Å²) in [5.41, 5.74) is 0.825. The summed E-state index contributed by atoms with van der Waals surface area (Å²) in [5.74, 6) is 0.247. The summed E-state index contributed by atoms with van der Waals surface area (Å²) in [6, 6.07) is 10.2. The summed E-state index contributed by atoms with van der Waals surface area (Å²) in [7, 11) is 4.27. The third-order valence-corrected chi connectivity index (χ3v) is 4.45. The van der Waals surface area contributed by atoms with E-state index in [9.17, 15) is 4.79 Å². The third kappa shape index (κ3) is 3.47. The van der Waals surface area contributed by atoms with Crippen molar-refractivity contribution in [3.8, 4) is 0 Å². The fraction of sp³-hybridized carbons (Fsp3) is 0.588. The van der Waals surface area contributed by atoms with Gasteiger partial charge in [0.05, 0.1) is 6.04 Å². The Morgan fingerprint density at radius 2 is 2.10 bits per heavy atom. The van der Waals surface area contributed by atoms with Gasteiger partial charge in [0.2, 0.25) is 0 Å². The predicted octanol–water partition coefficient (Wildman–Crippen LogP) is 2.67. The van der Waals surface area contributed by atoms with Gasteiger partial charge in [-0.05, 0) is 39.9 Å². The minimum absolute atomic E-state index is 0.00796. The van der Waals surface area contributed by atoms with Crippen molar-refractivity contribution in [3.05, 3.63) is 35.9 Å². The molecule has 1 aliphatic rings. The number of likely N-dealkylation sites (N-methyl/N-ethyl adjacent to an activating group) is 2. The van der Waals surface area contributed by atoms with Crippen LogP contribution in [0.15, 0.2) is 30.3 Å². The van der Waals surface area contributed by atoms with Crippen molar-refractivity contribution in [1.29, 1.82) is 0 Å². The molecular weight excluding hydrogens is 248 g/mol. The Kier molecular flexibility index (Phi) is 5.32. The van der Waals surface area contributed by atoms with Gasteiger partial charge < -0.3 is 4.90 Å². The molecule has 1 aliphatic heterocycles. The van der Waals surface area contributed by atoms with Gasteiger partial charge in [0.25, 0.3) is 0 Å². The summed E-state index contributed by atoms with van der Waals surface area (Å²) in [5, 5.41) is 0. The van der Waals surface area contributed by atoms with Crippen LogP contribution in [0.25, 0.3) is 0 Å². The fourth-order valence-electron chi connectivity index (χ4n) is 3.16. The Hall–Kier alpha value is -1.19. The Bertz CT molecular complexity index is 432. The lowest BCUT2D eigenvalue weighted by Gasteiger charge is -2.31. The molecule has 3 heteroatoms. The number of ketones is 1. The van der Waals surface area contributed by atoms with Crippen molar-refractivity contribution in [2.75, 3.05) is 27.2 Å². The number of carbonyl (C=O) groups excluding carboxylic acids is 1. The second-order valence-corrected chi connectivity index (χ2v) is 5.87. The van der Waals surface area contributed by atoms with E-state index in [4.69, 9.17) is 0 Å². The maximum absolute atomic E-state index is 12.6. The first-order chi connectivity index (χ1) is 9.63. The number of likely N-dealkylation sites (tertiary alicyclic amines) is 1. The second-order valence-electron chi connectivity index (χ2n) is 5.87. The van der Waals surface area contributed by atoms with Crippen LogP contribution in [0.5, 0.6) is 0 Å². The summed E-state index contributed by atoms with van der Waals surface area (Å²) >= 11 is 0. The number of hydrogen-bond acceptors (Lipinski definition) is 3. The zero-order chi connectivity index (χ0) is 14.5. The molecular formula is C17H26N2O. The molecule has 1 fully saturated rings. The number of Topliss-reactive ketones (excluding diaryl/α,β-unsaturated/α-hetero) is 1. The van der Waals surface area contributed by atoms with Crippen LogP contribution in [-0.2, 0) is 0 Å². The highest BCUT2D eigenvalue weighted by molar-refractivity contribution is 6.00. The van der Waals surface area contributed by atoms with Crippen LogP contribution in [0.2, 0.25) is 0 Å². The maximum Gasteiger partial charge on any atom is 0.179 e. The van der Waals surface area contributed by atoms with Crippen molar-refractivity contribution in [2.45, 2.75) is 38.3 Å². The molecule has 2 unspecified atom stereocenters. The van der Waals surface area contributed by atoms with E-state index >= 15 is 0 Å². The first-order valence-corrected chi connectivity index (χ1v) is 7.63. The van der Waals surface area contributed by atoms with Gasteiger partial charge in [0.1, 0.15) is 0 Å². The number of carbonyl (C=O) groups is 1. The first-order valence-electron chi connectivity index (χ1n) is 7.63. The monoisotopic (exact) mass is 274 g/mol. The zero-order valence-electron chi connectivity index (χ0n) is 12.9. The van der Waals surface area contributed by atoms with Gasteiger partial charge in [0, 0.05) is 18.2 Å². The highest BCUT2D eigenvalue weighted by atomic mass is 16.1. The molecule has 0 spiro atoms. The number of nitrogens with zero attached hydrogens (tertiary/aromatic N) is 2. The molecule has 0 saturated carbocycles. The standard InChI is InChI=1S/C17H26N2O/c1-4-16(17(20)14-9-6-5-7-10-14)19(3)13-15-11-8-12-18(15)2/h5-7,9-10,15-16H,4,8,11-13H2,1-3H3. The van der Waals surface area contributed by atoms with Gasteiger partial charge in [-0.3, -0.25) is 9.69 Å². The molecule has 1 aromatic rings. The average Bonchev–Trinajstić information content (AvgIpc) is 2.86. The summed E-state index contributed by atoms with van der Waals surface area (Å²) < 4.78 is 0. The van der Waals surface area contributed by atoms with E-state index in [1.165, 1.54) is 19.4 Å². The van der Waals surface area contributed by atoms with Crippen molar-refractivity contribution >= 4 is 5.78 Å². The Morgan fingerprint density at radius 3 is 2.65 bits per heavy atom. The van der Waals surface area contributed by atoms with Crippen molar-refractivity contribution < 1.29 is 4.79 Å². The lowest BCUT2D eigenvalue weighted by molar-refractivity contribution is 0.0816. The van der Waals surface area contributed by atoms with E-state index in [1.54, 1.807) is 0 Å². The summed E-state index contributed by atoms with van der Waals surface area (Å²) in [6.07, 6.45) is 3.38. The normalized spacial score (nSPS) is 21.3. The second kappa shape index (κ2) is 7.00. The molecule has 0 N–H and O–H groups in total. The number of benzene rings is 1. The van der Waals surface area contributed by atoms with Crippen LogP contribution < -0.4 is 0 Å². The molecule has 1 heterocycles. The maximum atomic E-state index is 12.6. The Labute approximate surface area is 122 Å². The molecule has 0 aliphatic carbocycles. The van der Waals surface area contributed by atoms with E-state index < -0.39 is 0 Å². The third-order valence-electron chi connectivity index (χ3n) is 4.45. The molecule has 3 nitrogen and oxygen atoms in total. The minimum atomic E-state index is -0.00796. The van der Waals surface area contributed by atoms with Crippen LogP contribution in [0, 0.1) is 0 Å². The topological polar surface area (TPSA) is 23.6 Å². The van der Waals surface area contributed by atoms with Crippen molar-refractivity contribution in [2.24, 2.45) is 0 Å². The SMILES string of the molecule is CCC(C(=O)c1ccccc1)N(C)CC1CCCN1C. The van der Waals surface area contributed by atoms with Crippen molar-refractivity contribution in [3.63, 3.8) is 0 Å². The van der Waals surface area contributed by atoms with Crippen LogP contribution in [0.1, 0.15) is 36.5 Å².